The maximum atomic E-state index is 12.3. The minimum Gasteiger partial charge on any atom is -0.508 e. The van der Waals surface area contributed by atoms with Gasteiger partial charge in [-0.15, -0.1) is 0 Å². The number of carbonyl (C=O) groups is 1. The number of hydrogen-bond donors (Lipinski definition) is 2. The van der Waals surface area contributed by atoms with Crippen molar-refractivity contribution in [2.45, 2.75) is 17.2 Å². The van der Waals surface area contributed by atoms with Crippen LogP contribution in [-0.2, 0) is 4.79 Å². The van der Waals surface area contributed by atoms with Crippen LogP contribution in [0, 0.1) is 0 Å². The second-order valence-corrected chi connectivity index (χ2v) is 6.77. The number of amides is 1. The highest BCUT2D eigenvalue weighted by Gasteiger charge is 2.16. The van der Waals surface area contributed by atoms with Gasteiger partial charge in [-0.2, -0.15) is 0 Å². The molecule has 6 heteroatoms. The third kappa shape index (κ3) is 4.58. The Morgan fingerprint density at radius 3 is 2.64 bits per heavy atom. The number of hydrogen-bond acceptors (Lipinski definition) is 5. The summed E-state index contributed by atoms with van der Waals surface area (Å²) in [5.41, 5.74) is 2.38. The van der Waals surface area contributed by atoms with Crippen LogP contribution in [-0.4, -0.2) is 26.2 Å². The Balaban J connectivity index is 1.68. The summed E-state index contributed by atoms with van der Waals surface area (Å²) in [6.45, 7) is 1.81. The molecule has 0 aliphatic carbocycles. The number of anilines is 1. The molecule has 3 rings (SSSR count). The topological polar surface area (TPSA) is 75.1 Å². The molecule has 25 heavy (non-hydrogen) atoms. The number of rotatable bonds is 5. The Labute approximate surface area is 150 Å². The maximum Gasteiger partial charge on any atom is 0.237 e. The Hall–Kier alpha value is -2.86. The molecule has 0 spiro atoms. The van der Waals surface area contributed by atoms with Crippen molar-refractivity contribution in [3.05, 3.63) is 67.0 Å². The smallest absolute Gasteiger partial charge is 0.237 e. The predicted molar refractivity (Wildman–Crippen MR) is 99.5 cm³/mol. The summed E-state index contributed by atoms with van der Waals surface area (Å²) >= 11 is 1.36. The summed E-state index contributed by atoms with van der Waals surface area (Å²) in [6.07, 6.45) is 1.50. The summed E-state index contributed by atoms with van der Waals surface area (Å²) in [4.78, 5) is 20.9. The first-order valence-electron chi connectivity index (χ1n) is 7.76. The van der Waals surface area contributed by atoms with Crippen molar-refractivity contribution in [2.24, 2.45) is 0 Å². The molecule has 0 aliphatic rings. The lowest BCUT2D eigenvalue weighted by molar-refractivity contribution is -0.115. The van der Waals surface area contributed by atoms with Crippen LogP contribution < -0.4 is 5.32 Å². The largest absolute Gasteiger partial charge is 0.508 e. The molecule has 1 atom stereocenters. The molecule has 2 N–H and O–H groups in total. The third-order valence-electron chi connectivity index (χ3n) is 3.49. The van der Waals surface area contributed by atoms with Crippen LogP contribution in [0.3, 0.4) is 0 Å². The summed E-state index contributed by atoms with van der Waals surface area (Å²) in [5, 5.41) is 12.6. The van der Waals surface area contributed by atoms with Crippen molar-refractivity contribution in [2.75, 3.05) is 5.32 Å². The molecule has 0 aliphatic heterocycles. The minimum atomic E-state index is -0.346. The first kappa shape index (κ1) is 17.0. The number of benzene rings is 2. The van der Waals surface area contributed by atoms with Crippen LogP contribution in [0.4, 0.5) is 5.69 Å². The van der Waals surface area contributed by atoms with Gasteiger partial charge >= 0.3 is 0 Å². The van der Waals surface area contributed by atoms with Gasteiger partial charge in [-0.3, -0.25) is 4.79 Å². The number of nitrogens with zero attached hydrogens (tertiary/aromatic N) is 2. The van der Waals surface area contributed by atoms with Crippen LogP contribution in [0.1, 0.15) is 6.92 Å². The van der Waals surface area contributed by atoms with E-state index < -0.39 is 0 Å². The number of phenolic OH excluding ortho intramolecular Hbond substituents is 1. The van der Waals surface area contributed by atoms with Gasteiger partial charge < -0.3 is 10.4 Å². The van der Waals surface area contributed by atoms with E-state index in [9.17, 15) is 9.90 Å². The normalized spacial score (nSPS) is 11.7. The van der Waals surface area contributed by atoms with E-state index in [0.717, 1.165) is 16.3 Å². The maximum absolute atomic E-state index is 12.3. The average molecular weight is 351 g/mol. The van der Waals surface area contributed by atoms with Crippen molar-refractivity contribution in [1.29, 1.82) is 0 Å². The van der Waals surface area contributed by atoms with E-state index in [1.807, 2.05) is 43.3 Å². The van der Waals surface area contributed by atoms with Crippen molar-refractivity contribution in [1.82, 2.24) is 9.97 Å². The Bertz CT molecular complexity index is 871. The van der Waals surface area contributed by atoms with Crippen molar-refractivity contribution >= 4 is 23.4 Å². The molecule has 3 aromatic rings. The molecule has 2 aromatic carbocycles. The summed E-state index contributed by atoms with van der Waals surface area (Å²) in [6, 6.07) is 18.2. The zero-order chi connectivity index (χ0) is 17.6. The Kier molecular flexibility index (Phi) is 5.30. The van der Waals surface area contributed by atoms with E-state index in [4.69, 9.17) is 0 Å². The SMILES string of the molecule is CC(Sc1cc(-c2ccccc2)ncn1)C(=O)Nc1cccc(O)c1. The molecular formula is C19H17N3O2S. The molecule has 126 valence electrons. The summed E-state index contributed by atoms with van der Waals surface area (Å²) in [7, 11) is 0. The van der Waals surface area contributed by atoms with E-state index in [1.54, 1.807) is 18.2 Å². The molecule has 0 fully saturated rings. The van der Waals surface area contributed by atoms with Crippen LogP contribution in [0.2, 0.25) is 0 Å². The lowest BCUT2D eigenvalue weighted by Gasteiger charge is -2.12. The monoisotopic (exact) mass is 351 g/mol. The quantitative estimate of drug-likeness (QED) is 0.537. The van der Waals surface area contributed by atoms with E-state index in [2.05, 4.69) is 15.3 Å². The van der Waals surface area contributed by atoms with Gasteiger partial charge in [-0.05, 0) is 25.1 Å². The van der Waals surface area contributed by atoms with Crippen molar-refractivity contribution < 1.29 is 9.90 Å². The second kappa shape index (κ2) is 7.81. The van der Waals surface area contributed by atoms with Crippen molar-refractivity contribution in [3.63, 3.8) is 0 Å². The van der Waals surface area contributed by atoms with Gasteiger partial charge in [0.15, 0.2) is 0 Å². The third-order valence-corrected chi connectivity index (χ3v) is 4.52. The molecule has 0 saturated carbocycles. The Morgan fingerprint density at radius 1 is 1.08 bits per heavy atom. The van der Waals surface area contributed by atoms with Gasteiger partial charge in [0.1, 0.15) is 17.1 Å². The van der Waals surface area contributed by atoms with Crippen molar-refractivity contribution in [3.8, 4) is 17.0 Å². The second-order valence-electron chi connectivity index (χ2n) is 5.41. The zero-order valence-corrected chi connectivity index (χ0v) is 14.4. The zero-order valence-electron chi connectivity index (χ0n) is 13.6. The minimum absolute atomic E-state index is 0.112. The van der Waals surface area contributed by atoms with E-state index >= 15 is 0 Å². The molecule has 5 nitrogen and oxygen atoms in total. The molecule has 1 unspecified atom stereocenters. The Morgan fingerprint density at radius 2 is 1.88 bits per heavy atom. The summed E-state index contributed by atoms with van der Waals surface area (Å²) < 4.78 is 0. The molecule has 1 heterocycles. The fraction of sp³-hybridized carbons (Fsp3) is 0.105. The number of nitrogens with one attached hydrogen (secondary N) is 1. The number of carbonyl (C=O) groups excluding carboxylic acids is 1. The van der Waals surface area contributed by atoms with Crippen LogP contribution >= 0.6 is 11.8 Å². The first-order valence-corrected chi connectivity index (χ1v) is 8.64. The highest BCUT2D eigenvalue weighted by molar-refractivity contribution is 8.00. The lowest BCUT2D eigenvalue weighted by Crippen LogP contribution is -2.22. The number of thioether (sulfide) groups is 1. The van der Waals surface area contributed by atoms with E-state index in [-0.39, 0.29) is 16.9 Å². The first-order chi connectivity index (χ1) is 12.1. The predicted octanol–water partition coefficient (Wildman–Crippen LogP) is 3.97. The van der Waals surface area contributed by atoms with E-state index in [1.165, 1.54) is 24.2 Å². The standard InChI is InChI=1S/C19H17N3O2S/c1-13(19(24)22-15-8-5-9-16(23)10-15)25-18-11-17(20-12-21-18)14-6-3-2-4-7-14/h2-13,23H,1H3,(H,22,24). The molecular weight excluding hydrogens is 334 g/mol. The lowest BCUT2D eigenvalue weighted by atomic mass is 10.1. The average Bonchev–Trinajstić information content (AvgIpc) is 2.62. The molecule has 0 bridgehead atoms. The highest BCUT2D eigenvalue weighted by Crippen LogP contribution is 2.26. The van der Waals surface area contributed by atoms with Crippen LogP contribution in [0.15, 0.2) is 72.0 Å². The molecule has 0 saturated heterocycles. The van der Waals surface area contributed by atoms with E-state index in [0.29, 0.717) is 5.69 Å². The summed E-state index contributed by atoms with van der Waals surface area (Å²) in [5.74, 6) is -0.0446. The van der Waals surface area contributed by atoms with Gasteiger partial charge in [-0.1, -0.05) is 48.2 Å². The van der Waals surface area contributed by atoms with Gasteiger partial charge in [0.2, 0.25) is 5.91 Å². The van der Waals surface area contributed by atoms with Gasteiger partial charge in [0, 0.05) is 17.3 Å². The van der Waals surface area contributed by atoms with Gasteiger partial charge in [0.25, 0.3) is 0 Å². The van der Waals surface area contributed by atoms with Gasteiger partial charge in [0.05, 0.1) is 10.9 Å². The molecule has 1 aromatic heterocycles. The molecule has 1 amide bonds. The number of phenols is 1. The van der Waals surface area contributed by atoms with Crippen LogP contribution in [0.5, 0.6) is 5.75 Å². The number of aromatic hydroxyl groups is 1. The fourth-order valence-corrected chi connectivity index (χ4v) is 3.05. The highest BCUT2D eigenvalue weighted by atomic mass is 32.2. The molecule has 0 radical (unpaired) electrons. The number of aromatic nitrogens is 2. The fourth-order valence-electron chi connectivity index (χ4n) is 2.23. The van der Waals surface area contributed by atoms with Gasteiger partial charge in [-0.25, -0.2) is 9.97 Å². The van der Waals surface area contributed by atoms with Crippen LogP contribution in [0.25, 0.3) is 11.3 Å².